The van der Waals surface area contributed by atoms with E-state index in [1.165, 1.54) is 12.1 Å². The highest BCUT2D eigenvalue weighted by molar-refractivity contribution is 5.67. The van der Waals surface area contributed by atoms with Gasteiger partial charge in [-0.25, -0.2) is 4.39 Å². The third-order valence-electron chi connectivity index (χ3n) is 2.07. The van der Waals surface area contributed by atoms with Crippen LogP contribution in [0.1, 0.15) is 17.1 Å². The van der Waals surface area contributed by atoms with Crippen molar-refractivity contribution in [3.63, 3.8) is 0 Å². The van der Waals surface area contributed by atoms with Crippen molar-refractivity contribution in [3.8, 4) is 0 Å². The number of aryl methyl sites for hydroxylation is 1. The van der Waals surface area contributed by atoms with E-state index in [0.29, 0.717) is 0 Å². The molecule has 1 heterocycles. The molecule has 0 unspecified atom stereocenters. The van der Waals surface area contributed by atoms with Crippen LogP contribution in [0.25, 0.3) is 12.2 Å². The molecule has 0 aliphatic rings. The summed E-state index contributed by atoms with van der Waals surface area (Å²) in [6, 6.07) is 10.1. The molecule has 1 aromatic heterocycles. The lowest BCUT2D eigenvalue weighted by molar-refractivity contribution is 0.525. The van der Waals surface area contributed by atoms with E-state index in [4.69, 9.17) is 4.42 Å². The number of furan rings is 1. The van der Waals surface area contributed by atoms with Crippen LogP contribution < -0.4 is 0 Å². The Kier molecular flexibility index (Phi) is 2.68. The summed E-state index contributed by atoms with van der Waals surface area (Å²) >= 11 is 0. The minimum Gasteiger partial charge on any atom is -0.462 e. The second-order valence-electron chi connectivity index (χ2n) is 3.33. The van der Waals surface area contributed by atoms with Crippen molar-refractivity contribution in [3.05, 3.63) is 59.3 Å². The molecule has 0 saturated carbocycles. The molecule has 0 aliphatic heterocycles. The first kappa shape index (κ1) is 9.71. The Hall–Kier alpha value is -1.83. The largest absolute Gasteiger partial charge is 0.462 e. The molecular weight excluding hydrogens is 191 g/mol. The minimum atomic E-state index is -0.221. The average Bonchev–Trinajstić information content (AvgIpc) is 2.64. The van der Waals surface area contributed by atoms with Crippen molar-refractivity contribution in [2.45, 2.75) is 6.92 Å². The maximum atomic E-state index is 12.6. The second kappa shape index (κ2) is 4.13. The van der Waals surface area contributed by atoms with E-state index in [9.17, 15) is 4.39 Å². The van der Waals surface area contributed by atoms with E-state index in [-0.39, 0.29) is 5.82 Å². The predicted molar refractivity (Wildman–Crippen MR) is 58.8 cm³/mol. The molecule has 1 nitrogen and oxygen atoms in total. The lowest BCUT2D eigenvalue weighted by atomic mass is 10.2. The summed E-state index contributed by atoms with van der Waals surface area (Å²) in [7, 11) is 0. The summed E-state index contributed by atoms with van der Waals surface area (Å²) in [5.74, 6) is 1.46. The first-order valence-corrected chi connectivity index (χ1v) is 4.74. The molecule has 15 heavy (non-hydrogen) atoms. The molecule has 1 aromatic carbocycles. The maximum Gasteiger partial charge on any atom is 0.127 e. The van der Waals surface area contributed by atoms with E-state index in [1.807, 2.05) is 31.2 Å². The fourth-order valence-corrected chi connectivity index (χ4v) is 1.30. The maximum absolute atomic E-state index is 12.6. The van der Waals surface area contributed by atoms with Crippen molar-refractivity contribution in [2.24, 2.45) is 0 Å². The Labute approximate surface area is 87.9 Å². The number of benzene rings is 1. The topological polar surface area (TPSA) is 13.1 Å². The fourth-order valence-electron chi connectivity index (χ4n) is 1.30. The first-order valence-electron chi connectivity index (χ1n) is 4.74. The SMILES string of the molecule is Cc1ccc(/C=C/c2ccc(F)cc2)o1. The Morgan fingerprint density at radius 1 is 1.00 bits per heavy atom. The highest BCUT2D eigenvalue weighted by Crippen LogP contribution is 2.11. The van der Waals surface area contributed by atoms with Gasteiger partial charge in [0.25, 0.3) is 0 Å². The predicted octanol–water partition coefficient (Wildman–Crippen LogP) is 3.90. The molecule has 0 atom stereocenters. The molecule has 0 N–H and O–H groups in total. The van der Waals surface area contributed by atoms with Gasteiger partial charge in [-0.3, -0.25) is 0 Å². The van der Waals surface area contributed by atoms with E-state index < -0.39 is 0 Å². The molecule has 2 aromatic rings. The van der Waals surface area contributed by atoms with Crippen LogP contribution >= 0.6 is 0 Å². The van der Waals surface area contributed by atoms with Crippen LogP contribution in [0, 0.1) is 12.7 Å². The van der Waals surface area contributed by atoms with Crippen LogP contribution in [0.2, 0.25) is 0 Å². The summed E-state index contributed by atoms with van der Waals surface area (Å²) < 4.78 is 18.0. The zero-order valence-corrected chi connectivity index (χ0v) is 8.41. The number of hydrogen-bond acceptors (Lipinski definition) is 1. The van der Waals surface area contributed by atoms with E-state index in [1.54, 1.807) is 12.1 Å². The van der Waals surface area contributed by atoms with Gasteiger partial charge in [0.15, 0.2) is 0 Å². The summed E-state index contributed by atoms with van der Waals surface area (Å²) in [4.78, 5) is 0. The molecule has 0 saturated heterocycles. The Morgan fingerprint density at radius 3 is 2.33 bits per heavy atom. The van der Waals surface area contributed by atoms with E-state index >= 15 is 0 Å². The highest BCUT2D eigenvalue weighted by Gasteiger charge is 1.93. The molecule has 0 bridgehead atoms. The summed E-state index contributed by atoms with van der Waals surface area (Å²) in [6.45, 7) is 1.90. The van der Waals surface area contributed by atoms with Crippen LogP contribution in [-0.2, 0) is 0 Å². The molecule has 2 rings (SSSR count). The van der Waals surface area contributed by atoms with Crippen LogP contribution in [0.15, 0.2) is 40.8 Å². The van der Waals surface area contributed by atoms with Gasteiger partial charge in [0.05, 0.1) is 0 Å². The molecular formula is C13H11FO. The molecule has 0 amide bonds. The van der Waals surface area contributed by atoms with Crippen LogP contribution in [0.4, 0.5) is 4.39 Å². The van der Waals surface area contributed by atoms with Crippen LogP contribution in [-0.4, -0.2) is 0 Å². The summed E-state index contributed by atoms with van der Waals surface area (Å²) in [6.07, 6.45) is 3.75. The quantitative estimate of drug-likeness (QED) is 0.719. The minimum absolute atomic E-state index is 0.221. The normalized spacial score (nSPS) is 11.1. The lowest BCUT2D eigenvalue weighted by Crippen LogP contribution is -1.73. The Morgan fingerprint density at radius 2 is 1.73 bits per heavy atom. The molecule has 0 fully saturated rings. The third-order valence-corrected chi connectivity index (χ3v) is 2.07. The Bertz CT molecular complexity index is 466. The molecule has 76 valence electrons. The standard InChI is InChI=1S/C13H11FO/c1-10-2-8-13(15-10)9-5-11-3-6-12(14)7-4-11/h2-9H,1H3/b9-5+. The third kappa shape index (κ3) is 2.56. The smallest absolute Gasteiger partial charge is 0.127 e. The average molecular weight is 202 g/mol. The number of halogens is 1. The van der Waals surface area contributed by atoms with Gasteiger partial charge in [0.2, 0.25) is 0 Å². The second-order valence-corrected chi connectivity index (χ2v) is 3.33. The zero-order chi connectivity index (χ0) is 10.7. The monoisotopic (exact) mass is 202 g/mol. The fraction of sp³-hybridized carbons (Fsp3) is 0.0769. The van der Waals surface area contributed by atoms with Gasteiger partial charge in [-0.05, 0) is 42.8 Å². The van der Waals surface area contributed by atoms with Gasteiger partial charge >= 0.3 is 0 Å². The van der Waals surface area contributed by atoms with Crippen molar-refractivity contribution in [1.29, 1.82) is 0 Å². The summed E-state index contributed by atoms with van der Waals surface area (Å²) in [5.41, 5.74) is 0.949. The van der Waals surface area contributed by atoms with E-state index in [0.717, 1.165) is 17.1 Å². The van der Waals surface area contributed by atoms with Crippen LogP contribution in [0.3, 0.4) is 0 Å². The zero-order valence-electron chi connectivity index (χ0n) is 8.41. The van der Waals surface area contributed by atoms with Gasteiger partial charge < -0.3 is 4.42 Å². The molecule has 2 heteroatoms. The van der Waals surface area contributed by atoms with Gasteiger partial charge in [0.1, 0.15) is 17.3 Å². The Balaban J connectivity index is 2.14. The van der Waals surface area contributed by atoms with Crippen LogP contribution in [0.5, 0.6) is 0 Å². The first-order chi connectivity index (χ1) is 7.24. The van der Waals surface area contributed by atoms with Crippen molar-refractivity contribution >= 4 is 12.2 Å². The number of hydrogen-bond donors (Lipinski definition) is 0. The number of rotatable bonds is 2. The molecule has 0 spiro atoms. The summed E-state index contributed by atoms with van der Waals surface area (Å²) in [5, 5.41) is 0. The van der Waals surface area contributed by atoms with Gasteiger partial charge in [-0.15, -0.1) is 0 Å². The highest BCUT2D eigenvalue weighted by atomic mass is 19.1. The van der Waals surface area contributed by atoms with Crippen molar-refractivity contribution in [2.75, 3.05) is 0 Å². The van der Waals surface area contributed by atoms with Gasteiger partial charge in [-0.2, -0.15) is 0 Å². The van der Waals surface area contributed by atoms with Gasteiger partial charge in [-0.1, -0.05) is 18.2 Å². The molecule has 0 radical (unpaired) electrons. The van der Waals surface area contributed by atoms with E-state index in [2.05, 4.69) is 0 Å². The van der Waals surface area contributed by atoms with Crippen molar-refractivity contribution in [1.82, 2.24) is 0 Å². The lowest BCUT2D eigenvalue weighted by Gasteiger charge is -1.91. The van der Waals surface area contributed by atoms with Gasteiger partial charge in [0, 0.05) is 0 Å². The van der Waals surface area contributed by atoms with Crippen molar-refractivity contribution < 1.29 is 8.81 Å². The molecule has 0 aliphatic carbocycles.